The molecular formula is C19H19N3O3S. The highest BCUT2D eigenvalue weighted by Crippen LogP contribution is 2.31. The van der Waals surface area contributed by atoms with Crippen LogP contribution < -0.4 is 14.8 Å². The number of nitrogens with one attached hydrogen (secondary N) is 1. The number of para-hydroxylation sites is 1. The van der Waals surface area contributed by atoms with Crippen LogP contribution in [-0.4, -0.2) is 30.1 Å². The van der Waals surface area contributed by atoms with Gasteiger partial charge in [-0.1, -0.05) is 6.07 Å². The third-order valence-corrected chi connectivity index (χ3v) is 5.06. The third-order valence-electron chi connectivity index (χ3n) is 3.86. The average Bonchev–Trinajstić information content (AvgIpc) is 3.06. The van der Waals surface area contributed by atoms with Gasteiger partial charge in [0.05, 0.1) is 32.0 Å². The Morgan fingerprint density at radius 2 is 2.04 bits per heavy atom. The van der Waals surface area contributed by atoms with E-state index in [4.69, 9.17) is 9.47 Å². The maximum Gasteiger partial charge on any atom is 0.255 e. The zero-order chi connectivity index (χ0) is 18.5. The van der Waals surface area contributed by atoms with E-state index >= 15 is 0 Å². The van der Waals surface area contributed by atoms with Gasteiger partial charge in [-0.05, 0) is 31.2 Å². The highest BCUT2D eigenvalue weighted by molar-refractivity contribution is 7.15. The first-order valence-electron chi connectivity index (χ1n) is 8.00. The van der Waals surface area contributed by atoms with Crippen molar-refractivity contribution >= 4 is 17.2 Å². The van der Waals surface area contributed by atoms with E-state index in [1.165, 1.54) is 7.11 Å². The quantitative estimate of drug-likeness (QED) is 0.720. The Morgan fingerprint density at radius 1 is 1.19 bits per heavy atom. The molecule has 3 rings (SSSR count). The lowest BCUT2D eigenvalue weighted by Gasteiger charge is -2.12. The van der Waals surface area contributed by atoms with Crippen LogP contribution in [0.4, 0.5) is 0 Å². The van der Waals surface area contributed by atoms with E-state index in [1.807, 2.05) is 19.1 Å². The molecule has 1 aromatic carbocycles. The number of methoxy groups -OCH3 is 2. The molecular weight excluding hydrogens is 350 g/mol. The van der Waals surface area contributed by atoms with Crippen molar-refractivity contribution in [2.24, 2.45) is 0 Å². The van der Waals surface area contributed by atoms with Gasteiger partial charge in [0.1, 0.15) is 5.01 Å². The maximum absolute atomic E-state index is 12.6. The van der Waals surface area contributed by atoms with Crippen molar-refractivity contribution in [3.05, 3.63) is 58.9 Å². The molecule has 3 aromatic rings. The van der Waals surface area contributed by atoms with Crippen LogP contribution in [0.2, 0.25) is 0 Å². The molecule has 0 aliphatic heterocycles. The molecule has 0 fully saturated rings. The largest absolute Gasteiger partial charge is 0.493 e. The molecule has 1 amide bonds. The highest BCUT2D eigenvalue weighted by atomic mass is 32.1. The molecule has 0 atom stereocenters. The summed E-state index contributed by atoms with van der Waals surface area (Å²) in [6, 6.07) is 9.06. The van der Waals surface area contributed by atoms with Crippen molar-refractivity contribution in [3.8, 4) is 22.1 Å². The van der Waals surface area contributed by atoms with Gasteiger partial charge >= 0.3 is 0 Å². The fourth-order valence-corrected chi connectivity index (χ4v) is 3.52. The van der Waals surface area contributed by atoms with Crippen molar-refractivity contribution in [3.63, 3.8) is 0 Å². The van der Waals surface area contributed by atoms with Gasteiger partial charge in [-0.2, -0.15) is 0 Å². The van der Waals surface area contributed by atoms with E-state index in [1.54, 1.807) is 49.0 Å². The van der Waals surface area contributed by atoms with E-state index < -0.39 is 0 Å². The van der Waals surface area contributed by atoms with Crippen molar-refractivity contribution in [2.75, 3.05) is 14.2 Å². The van der Waals surface area contributed by atoms with E-state index in [0.29, 0.717) is 23.6 Å². The minimum atomic E-state index is -0.225. The second kappa shape index (κ2) is 7.97. The van der Waals surface area contributed by atoms with Gasteiger partial charge in [0, 0.05) is 22.8 Å². The van der Waals surface area contributed by atoms with Gasteiger partial charge in [-0.15, -0.1) is 11.3 Å². The van der Waals surface area contributed by atoms with Gasteiger partial charge in [-0.25, -0.2) is 4.98 Å². The molecule has 2 aromatic heterocycles. The number of thiazole rings is 1. The summed E-state index contributed by atoms with van der Waals surface area (Å²) < 4.78 is 10.6. The van der Waals surface area contributed by atoms with Crippen LogP contribution in [0.1, 0.15) is 20.9 Å². The first-order chi connectivity index (χ1) is 12.6. The Morgan fingerprint density at radius 3 is 2.73 bits per heavy atom. The van der Waals surface area contributed by atoms with Crippen LogP contribution in [0, 0.1) is 6.92 Å². The molecule has 0 aliphatic carbocycles. The summed E-state index contributed by atoms with van der Waals surface area (Å²) in [7, 11) is 3.06. The molecule has 134 valence electrons. The predicted molar refractivity (Wildman–Crippen MR) is 101 cm³/mol. The Hall–Kier alpha value is -2.93. The van der Waals surface area contributed by atoms with Gasteiger partial charge in [-0.3, -0.25) is 9.78 Å². The first kappa shape index (κ1) is 17.9. The second-order valence-corrected chi connectivity index (χ2v) is 6.58. The highest BCUT2D eigenvalue weighted by Gasteiger charge is 2.17. The third kappa shape index (κ3) is 3.67. The number of nitrogens with zero attached hydrogens (tertiary/aromatic N) is 2. The fraction of sp³-hybridized carbons (Fsp3) is 0.211. The van der Waals surface area contributed by atoms with Crippen molar-refractivity contribution in [1.82, 2.24) is 15.3 Å². The van der Waals surface area contributed by atoms with Gasteiger partial charge in [0.2, 0.25) is 0 Å². The minimum absolute atomic E-state index is 0.225. The summed E-state index contributed by atoms with van der Waals surface area (Å²) in [6.45, 7) is 2.33. The van der Waals surface area contributed by atoms with E-state index in [9.17, 15) is 4.79 Å². The van der Waals surface area contributed by atoms with E-state index in [0.717, 1.165) is 21.1 Å². The van der Waals surface area contributed by atoms with Crippen molar-refractivity contribution in [2.45, 2.75) is 13.5 Å². The van der Waals surface area contributed by atoms with Crippen LogP contribution in [-0.2, 0) is 6.54 Å². The van der Waals surface area contributed by atoms with Crippen LogP contribution in [0.5, 0.6) is 11.5 Å². The molecule has 0 unspecified atom stereocenters. The predicted octanol–water partition coefficient (Wildman–Crippen LogP) is 3.46. The number of rotatable bonds is 6. The summed E-state index contributed by atoms with van der Waals surface area (Å²) in [5.41, 5.74) is 2.29. The standard InChI is InChI=1S/C19H19N3O3S/c1-12-16(26-19(22-12)13-6-5-9-20-10-13)11-21-18(23)14-7-4-8-15(24-2)17(14)25-3/h4-10H,11H2,1-3H3,(H,21,23). The Labute approximate surface area is 155 Å². The molecule has 0 saturated carbocycles. The zero-order valence-electron chi connectivity index (χ0n) is 14.8. The van der Waals surface area contributed by atoms with E-state index in [-0.39, 0.29) is 5.91 Å². The van der Waals surface area contributed by atoms with Gasteiger partial charge in [0.25, 0.3) is 5.91 Å². The topological polar surface area (TPSA) is 73.3 Å². The summed E-state index contributed by atoms with van der Waals surface area (Å²) in [6.07, 6.45) is 3.51. The molecule has 0 spiro atoms. The average molecular weight is 369 g/mol. The lowest BCUT2D eigenvalue weighted by Crippen LogP contribution is -2.23. The molecule has 7 heteroatoms. The molecule has 26 heavy (non-hydrogen) atoms. The number of pyridine rings is 1. The Kier molecular flexibility index (Phi) is 5.48. The van der Waals surface area contributed by atoms with Gasteiger partial charge in [0.15, 0.2) is 11.5 Å². The summed E-state index contributed by atoms with van der Waals surface area (Å²) in [5, 5.41) is 3.81. The molecule has 0 radical (unpaired) electrons. The van der Waals surface area contributed by atoms with Crippen molar-refractivity contribution in [1.29, 1.82) is 0 Å². The number of benzene rings is 1. The Bertz CT molecular complexity index is 910. The number of aryl methyl sites for hydroxylation is 1. The molecule has 1 N–H and O–H groups in total. The smallest absolute Gasteiger partial charge is 0.255 e. The molecule has 2 heterocycles. The molecule has 6 nitrogen and oxygen atoms in total. The van der Waals surface area contributed by atoms with E-state index in [2.05, 4.69) is 15.3 Å². The number of amides is 1. The molecule has 0 aliphatic rings. The number of hydrogen-bond acceptors (Lipinski definition) is 6. The second-order valence-electron chi connectivity index (χ2n) is 5.49. The normalized spacial score (nSPS) is 10.4. The van der Waals surface area contributed by atoms with Crippen molar-refractivity contribution < 1.29 is 14.3 Å². The first-order valence-corrected chi connectivity index (χ1v) is 8.81. The van der Waals surface area contributed by atoms with Crippen LogP contribution in [0.15, 0.2) is 42.7 Å². The summed E-state index contributed by atoms with van der Waals surface area (Å²) in [4.78, 5) is 22.3. The molecule has 0 saturated heterocycles. The lowest BCUT2D eigenvalue weighted by atomic mass is 10.1. The summed E-state index contributed by atoms with van der Waals surface area (Å²) in [5.74, 6) is 0.717. The minimum Gasteiger partial charge on any atom is -0.493 e. The summed E-state index contributed by atoms with van der Waals surface area (Å²) >= 11 is 1.55. The number of aromatic nitrogens is 2. The fourth-order valence-electron chi connectivity index (χ4n) is 2.53. The zero-order valence-corrected chi connectivity index (χ0v) is 15.6. The number of ether oxygens (including phenoxy) is 2. The maximum atomic E-state index is 12.6. The Balaban J connectivity index is 1.76. The van der Waals surface area contributed by atoms with Crippen LogP contribution in [0.25, 0.3) is 10.6 Å². The molecule has 0 bridgehead atoms. The number of hydrogen-bond donors (Lipinski definition) is 1. The lowest BCUT2D eigenvalue weighted by molar-refractivity contribution is 0.0947. The van der Waals surface area contributed by atoms with Crippen LogP contribution in [0.3, 0.4) is 0 Å². The van der Waals surface area contributed by atoms with Crippen LogP contribution >= 0.6 is 11.3 Å². The van der Waals surface area contributed by atoms with Gasteiger partial charge < -0.3 is 14.8 Å². The number of carbonyl (C=O) groups excluding carboxylic acids is 1. The SMILES string of the molecule is COc1cccc(C(=O)NCc2sc(-c3cccnc3)nc2C)c1OC. The monoisotopic (exact) mass is 369 g/mol. The number of carbonyl (C=O) groups is 1.